The molecule has 0 aromatic rings. The first kappa shape index (κ1) is 14.6. The van der Waals surface area contributed by atoms with E-state index in [9.17, 15) is 4.79 Å². The largest absolute Gasteiger partial charge is 0.387 e. The molecule has 0 aromatic carbocycles. The summed E-state index contributed by atoms with van der Waals surface area (Å²) in [5.74, 6) is -0.250. The van der Waals surface area contributed by atoms with Gasteiger partial charge in [0.05, 0.1) is 0 Å². The van der Waals surface area contributed by atoms with Crippen LogP contribution in [0.3, 0.4) is 0 Å². The fourth-order valence-corrected chi connectivity index (χ4v) is 2.00. The van der Waals surface area contributed by atoms with Gasteiger partial charge in [-0.1, -0.05) is 26.2 Å². The van der Waals surface area contributed by atoms with Gasteiger partial charge in [-0.25, -0.2) is 0 Å². The van der Waals surface area contributed by atoms with E-state index in [1.165, 1.54) is 25.5 Å². The molecule has 0 spiro atoms. The molecule has 1 rings (SSSR count). The highest BCUT2D eigenvalue weighted by molar-refractivity contribution is 5.97. The Kier molecular flexibility index (Phi) is 6.27. The minimum atomic E-state index is -0.250. The summed E-state index contributed by atoms with van der Waals surface area (Å²) in [5.41, 5.74) is 0.167. The summed E-state index contributed by atoms with van der Waals surface area (Å²) in [6.07, 6.45) is 8.14. The zero-order chi connectivity index (χ0) is 13.4. The highest BCUT2D eigenvalue weighted by Crippen LogP contribution is 2.17. The number of nitriles is 1. The predicted molar refractivity (Wildman–Crippen MR) is 71.6 cm³/mol. The van der Waals surface area contributed by atoms with E-state index in [-0.39, 0.29) is 23.6 Å². The lowest BCUT2D eigenvalue weighted by atomic mass is 9.95. The molecule has 0 aliphatic heterocycles. The maximum Gasteiger partial charge on any atom is 0.263 e. The summed E-state index contributed by atoms with van der Waals surface area (Å²) in [6, 6.07) is 2.47. The van der Waals surface area contributed by atoms with Crippen LogP contribution in [0.25, 0.3) is 0 Å². The Bertz CT molecular complexity index is 337. The Morgan fingerprint density at radius 2 is 2.11 bits per heavy atom. The molecular formula is C14H23N3O. The highest BCUT2D eigenvalue weighted by Gasteiger charge is 2.17. The zero-order valence-corrected chi connectivity index (χ0v) is 11.3. The molecule has 1 aliphatic carbocycles. The first-order valence-electron chi connectivity index (χ1n) is 6.84. The molecule has 2 N–H and O–H groups in total. The molecule has 100 valence electrons. The van der Waals surface area contributed by atoms with Crippen molar-refractivity contribution in [2.75, 3.05) is 0 Å². The number of nitrogens with zero attached hydrogens (tertiary/aromatic N) is 1. The summed E-state index contributed by atoms with van der Waals surface area (Å²) >= 11 is 0. The van der Waals surface area contributed by atoms with Gasteiger partial charge in [-0.05, 0) is 26.2 Å². The lowest BCUT2D eigenvalue weighted by Gasteiger charge is -2.22. The molecule has 4 heteroatoms. The quantitative estimate of drug-likeness (QED) is 0.580. The molecule has 1 amide bonds. The molecule has 1 fully saturated rings. The van der Waals surface area contributed by atoms with Gasteiger partial charge in [0.15, 0.2) is 0 Å². The van der Waals surface area contributed by atoms with Crippen LogP contribution in [0.2, 0.25) is 0 Å². The van der Waals surface area contributed by atoms with Gasteiger partial charge in [0.1, 0.15) is 11.6 Å². The van der Waals surface area contributed by atoms with Crippen molar-refractivity contribution in [3.05, 3.63) is 11.8 Å². The number of hydrogen-bond donors (Lipinski definition) is 2. The van der Waals surface area contributed by atoms with Crippen LogP contribution in [0.1, 0.15) is 52.4 Å². The van der Waals surface area contributed by atoms with E-state index in [0.717, 1.165) is 19.3 Å². The van der Waals surface area contributed by atoms with Crippen molar-refractivity contribution >= 4 is 5.91 Å². The third-order valence-corrected chi connectivity index (χ3v) is 3.43. The Morgan fingerprint density at radius 3 is 2.67 bits per heavy atom. The average molecular weight is 249 g/mol. The molecule has 1 aliphatic rings. The van der Waals surface area contributed by atoms with Crippen LogP contribution < -0.4 is 10.6 Å². The Morgan fingerprint density at radius 1 is 1.44 bits per heavy atom. The molecule has 0 aromatic heterocycles. The SMILES string of the molecule is CCC(C)N/C=C(/C#N)C(=O)NC1CCCCC1. The number of hydrogen-bond acceptors (Lipinski definition) is 3. The van der Waals surface area contributed by atoms with Gasteiger partial charge in [0.2, 0.25) is 0 Å². The maximum atomic E-state index is 11.9. The number of carbonyl (C=O) groups is 1. The monoisotopic (exact) mass is 249 g/mol. The minimum absolute atomic E-state index is 0.167. The molecule has 1 unspecified atom stereocenters. The number of amides is 1. The van der Waals surface area contributed by atoms with Crippen molar-refractivity contribution in [1.82, 2.24) is 10.6 Å². The molecule has 0 saturated heterocycles. The van der Waals surface area contributed by atoms with Gasteiger partial charge in [0, 0.05) is 18.3 Å². The van der Waals surface area contributed by atoms with E-state index in [2.05, 4.69) is 17.6 Å². The van der Waals surface area contributed by atoms with Gasteiger partial charge in [-0.15, -0.1) is 0 Å². The lowest BCUT2D eigenvalue weighted by Crippen LogP contribution is -2.37. The maximum absolute atomic E-state index is 11.9. The highest BCUT2D eigenvalue weighted by atomic mass is 16.1. The normalized spacial score (nSPS) is 18.8. The second-order valence-electron chi connectivity index (χ2n) is 4.95. The van der Waals surface area contributed by atoms with Crippen LogP contribution in [-0.4, -0.2) is 18.0 Å². The Labute approximate surface area is 109 Å². The van der Waals surface area contributed by atoms with E-state index in [4.69, 9.17) is 5.26 Å². The van der Waals surface area contributed by atoms with Crippen LogP contribution in [0.15, 0.2) is 11.8 Å². The van der Waals surface area contributed by atoms with Crippen LogP contribution in [0.5, 0.6) is 0 Å². The molecular weight excluding hydrogens is 226 g/mol. The van der Waals surface area contributed by atoms with E-state index in [1.807, 2.05) is 13.0 Å². The topological polar surface area (TPSA) is 64.9 Å². The van der Waals surface area contributed by atoms with Gasteiger partial charge in [0.25, 0.3) is 5.91 Å². The predicted octanol–water partition coefficient (Wildman–Crippen LogP) is 2.23. The van der Waals surface area contributed by atoms with E-state index >= 15 is 0 Å². The molecule has 0 radical (unpaired) electrons. The summed E-state index contributed by atoms with van der Waals surface area (Å²) in [7, 11) is 0. The second-order valence-corrected chi connectivity index (χ2v) is 4.95. The molecule has 1 atom stereocenters. The van der Waals surface area contributed by atoms with Crippen molar-refractivity contribution < 1.29 is 4.79 Å². The smallest absolute Gasteiger partial charge is 0.263 e. The van der Waals surface area contributed by atoms with E-state index in [1.54, 1.807) is 0 Å². The van der Waals surface area contributed by atoms with Gasteiger partial charge in [-0.2, -0.15) is 5.26 Å². The van der Waals surface area contributed by atoms with Crippen molar-refractivity contribution in [3.63, 3.8) is 0 Å². The van der Waals surface area contributed by atoms with Crippen molar-refractivity contribution in [1.29, 1.82) is 5.26 Å². The van der Waals surface area contributed by atoms with E-state index in [0.29, 0.717) is 0 Å². The second kappa shape index (κ2) is 7.75. The van der Waals surface area contributed by atoms with Crippen LogP contribution in [0.4, 0.5) is 0 Å². The zero-order valence-electron chi connectivity index (χ0n) is 11.3. The molecule has 18 heavy (non-hydrogen) atoms. The minimum Gasteiger partial charge on any atom is -0.387 e. The third-order valence-electron chi connectivity index (χ3n) is 3.43. The number of rotatable bonds is 5. The Balaban J connectivity index is 2.48. The van der Waals surface area contributed by atoms with Crippen molar-refractivity contribution in [2.45, 2.75) is 64.5 Å². The first-order valence-corrected chi connectivity index (χ1v) is 6.84. The lowest BCUT2D eigenvalue weighted by molar-refractivity contribution is -0.118. The molecule has 0 heterocycles. The van der Waals surface area contributed by atoms with Crippen LogP contribution in [0, 0.1) is 11.3 Å². The van der Waals surface area contributed by atoms with Crippen molar-refractivity contribution in [3.8, 4) is 6.07 Å². The average Bonchev–Trinajstić information content (AvgIpc) is 2.40. The van der Waals surface area contributed by atoms with E-state index < -0.39 is 0 Å². The van der Waals surface area contributed by atoms with Crippen LogP contribution in [-0.2, 0) is 4.79 Å². The van der Waals surface area contributed by atoms with Gasteiger partial charge >= 0.3 is 0 Å². The summed E-state index contributed by atoms with van der Waals surface area (Å²) in [4.78, 5) is 11.9. The standard InChI is InChI=1S/C14H23N3O/c1-3-11(2)16-10-12(9-15)14(18)17-13-7-5-4-6-8-13/h10-11,13,16H,3-8H2,1-2H3,(H,17,18)/b12-10-. The summed E-state index contributed by atoms with van der Waals surface area (Å²) in [6.45, 7) is 4.07. The van der Waals surface area contributed by atoms with Crippen LogP contribution >= 0.6 is 0 Å². The molecule has 4 nitrogen and oxygen atoms in total. The first-order chi connectivity index (χ1) is 8.67. The summed E-state index contributed by atoms with van der Waals surface area (Å²) < 4.78 is 0. The van der Waals surface area contributed by atoms with Gasteiger partial charge in [-0.3, -0.25) is 4.79 Å². The fourth-order valence-electron chi connectivity index (χ4n) is 2.00. The number of nitrogens with one attached hydrogen (secondary N) is 2. The van der Waals surface area contributed by atoms with Crippen molar-refractivity contribution in [2.24, 2.45) is 0 Å². The third kappa shape index (κ3) is 4.79. The number of carbonyl (C=O) groups excluding carboxylic acids is 1. The Hall–Kier alpha value is -1.50. The van der Waals surface area contributed by atoms with Gasteiger partial charge < -0.3 is 10.6 Å². The molecule has 0 bridgehead atoms. The molecule has 1 saturated carbocycles. The summed E-state index contributed by atoms with van der Waals surface area (Å²) in [5, 5.41) is 15.0. The fraction of sp³-hybridized carbons (Fsp3) is 0.714.